The molecule has 168 valence electrons. The van der Waals surface area contributed by atoms with Crippen LogP contribution in [0.1, 0.15) is 44.4 Å². The molecule has 0 spiro atoms. The molecule has 0 aliphatic heterocycles. The number of halogens is 4. The molecule has 0 aliphatic rings. The Morgan fingerprint density at radius 3 is 1.21 bits per heavy atom. The normalized spacial score (nSPS) is 13.7. The van der Waals surface area contributed by atoms with Crippen molar-refractivity contribution in [3.05, 3.63) is 34.9 Å². The molecule has 29 heavy (non-hydrogen) atoms. The lowest BCUT2D eigenvalue weighted by atomic mass is 10.1. The van der Waals surface area contributed by atoms with Crippen LogP contribution in [0.3, 0.4) is 0 Å². The third-order valence-corrected chi connectivity index (χ3v) is 7.94. The van der Waals surface area contributed by atoms with Crippen LogP contribution in [-0.4, -0.2) is 26.4 Å². The fourth-order valence-electron chi connectivity index (χ4n) is 2.53. The highest BCUT2D eigenvalue weighted by Gasteiger charge is 2.58. The van der Waals surface area contributed by atoms with Crippen molar-refractivity contribution in [1.82, 2.24) is 0 Å². The average Bonchev–Trinajstić information content (AvgIpc) is 2.61. The second kappa shape index (κ2) is 10.0. The van der Waals surface area contributed by atoms with Gasteiger partial charge < -0.3 is 18.1 Å². The lowest BCUT2D eigenvalue weighted by Crippen LogP contribution is -2.22. The first kappa shape index (κ1) is 26.3. The summed E-state index contributed by atoms with van der Waals surface area (Å²) in [6.07, 6.45) is 0. The van der Waals surface area contributed by atoms with Crippen molar-refractivity contribution < 1.29 is 44.8 Å². The third kappa shape index (κ3) is 5.30. The number of alkyl halides is 4. The van der Waals surface area contributed by atoms with Gasteiger partial charge in [-0.1, -0.05) is 5.56 Å². The predicted molar refractivity (Wildman–Crippen MR) is 101 cm³/mol. The average molecular weight is 464 g/mol. The largest absolute Gasteiger partial charge is 0.404 e. The van der Waals surface area contributed by atoms with Gasteiger partial charge in [0, 0.05) is 11.1 Å². The minimum atomic E-state index is -5.01. The quantitative estimate of drug-likeness (QED) is 0.256. The van der Waals surface area contributed by atoms with Crippen molar-refractivity contribution in [3.8, 4) is 0 Å². The second-order valence-corrected chi connectivity index (χ2v) is 9.98. The Labute approximate surface area is 167 Å². The summed E-state index contributed by atoms with van der Waals surface area (Å²) in [6.45, 7) is 5.30. The van der Waals surface area contributed by atoms with Crippen LogP contribution in [0.2, 0.25) is 0 Å². The molecule has 0 amide bonds. The summed E-state index contributed by atoms with van der Waals surface area (Å²) < 4.78 is 104. The molecule has 0 fully saturated rings. The van der Waals surface area contributed by atoms with Gasteiger partial charge in [-0.2, -0.15) is 17.6 Å². The topological polar surface area (TPSA) is 71.1 Å². The number of hydrogen-bond donors (Lipinski definition) is 0. The smallest absolute Gasteiger partial charge is 0.304 e. The first-order valence-electron chi connectivity index (χ1n) is 9.01. The van der Waals surface area contributed by atoms with E-state index >= 15 is 17.6 Å². The van der Waals surface area contributed by atoms with Gasteiger partial charge >= 0.3 is 26.5 Å². The van der Waals surface area contributed by atoms with Gasteiger partial charge in [0.15, 0.2) is 0 Å². The van der Waals surface area contributed by atoms with Gasteiger partial charge in [-0.25, -0.2) is 0 Å². The van der Waals surface area contributed by atoms with E-state index in [1.165, 1.54) is 34.6 Å². The molecular weight excluding hydrogens is 438 g/mol. The number of aryl methyl sites for hydroxylation is 1. The Morgan fingerprint density at radius 1 is 0.690 bits per heavy atom. The van der Waals surface area contributed by atoms with Gasteiger partial charge in [0.05, 0.1) is 26.4 Å². The first-order chi connectivity index (χ1) is 13.3. The third-order valence-electron chi connectivity index (χ3n) is 3.66. The van der Waals surface area contributed by atoms with Gasteiger partial charge in [0.25, 0.3) is 0 Å². The molecule has 12 heteroatoms. The number of benzene rings is 1. The van der Waals surface area contributed by atoms with Crippen LogP contribution in [0.25, 0.3) is 0 Å². The lowest BCUT2D eigenvalue weighted by molar-refractivity contribution is 0.0301. The van der Waals surface area contributed by atoms with Crippen molar-refractivity contribution in [3.63, 3.8) is 0 Å². The van der Waals surface area contributed by atoms with E-state index in [1.54, 1.807) is 0 Å². The van der Waals surface area contributed by atoms with Crippen LogP contribution in [-0.2, 0) is 38.6 Å². The zero-order chi connectivity index (χ0) is 22.5. The molecule has 0 heterocycles. The fraction of sp³-hybridized carbons (Fsp3) is 0.647. The summed E-state index contributed by atoms with van der Waals surface area (Å²) in [7, 11) is -10.0. The molecule has 0 aliphatic carbocycles. The molecule has 1 rings (SSSR count). The Hall–Kier alpha value is -0.760. The van der Waals surface area contributed by atoms with Crippen LogP contribution < -0.4 is 0 Å². The Balaban J connectivity index is 3.61. The van der Waals surface area contributed by atoms with Crippen molar-refractivity contribution in [1.29, 1.82) is 0 Å². The zero-order valence-corrected chi connectivity index (χ0v) is 18.7. The highest BCUT2D eigenvalue weighted by Crippen LogP contribution is 2.69. The van der Waals surface area contributed by atoms with E-state index in [0.717, 1.165) is 12.1 Å². The van der Waals surface area contributed by atoms with Crippen LogP contribution in [0, 0.1) is 6.92 Å². The highest BCUT2D eigenvalue weighted by atomic mass is 31.2. The molecule has 0 N–H and O–H groups in total. The monoisotopic (exact) mass is 464 g/mol. The Morgan fingerprint density at radius 2 is 0.966 bits per heavy atom. The molecule has 1 aromatic rings. The molecule has 0 radical (unpaired) electrons. The van der Waals surface area contributed by atoms with E-state index in [9.17, 15) is 9.13 Å². The van der Waals surface area contributed by atoms with E-state index < -0.39 is 37.6 Å². The molecule has 0 aromatic heterocycles. The van der Waals surface area contributed by atoms with Crippen LogP contribution in [0.15, 0.2) is 18.2 Å². The number of hydrogen-bond acceptors (Lipinski definition) is 6. The summed E-state index contributed by atoms with van der Waals surface area (Å²) in [5.41, 5.74) is -10.5. The molecule has 0 atom stereocenters. The molecule has 1 aromatic carbocycles. The summed E-state index contributed by atoms with van der Waals surface area (Å²) in [4.78, 5) is 0. The summed E-state index contributed by atoms with van der Waals surface area (Å²) in [5, 5.41) is 0. The minimum absolute atomic E-state index is 0.00376. The van der Waals surface area contributed by atoms with E-state index in [0.29, 0.717) is 6.07 Å². The maximum Gasteiger partial charge on any atom is 0.404 e. The maximum atomic E-state index is 15.0. The van der Waals surface area contributed by atoms with Crippen molar-refractivity contribution in [2.75, 3.05) is 26.4 Å². The standard InChI is InChI=1S/C17H26F4O6P2/c1-6-24-28(22,25-7-2)16(18,19)14-10-13(5)11-15(12-14)17(20,21)29(23,26-8-3)27-9-4/h10-12H,6-9H2,1-5H3. The zero-order valence-electron chi connectivity index (χ0n) is 16.9. The highest BCUT2D eigenvalue weighted by molar-refractivity contribution is 7.55. The summed E-state index contributed by atoms with van der Waals surface area (Å²) in [5.74, 6) is 0. The van der Waals surface area contributed by atoms with Gasteiger partial charge in [-0.15, -0.1) is 0 Å². The predicted octanol–water partition coefficient (Wildman–Crippen LogP) is 6.63. The van der Waals surface area contributed by atoms with E-state index in [2.05, 4.69) is 0 Å². The van der Waals surface area contributed by atoms with Gasteiger partial charge in [0.2, 0.25) is 0 Å². The Bertz CT molecular complexity index is 707. The summed E-state index contributed by atoms with van der Waals surface area (Å²) >= 11 is 0. The van der Waals surface area contributed by atoms with E-state index in [-0.39, 0.29) is 32.0 Å². The molecule has 0 bridgehead atoms. The second-order valence-electron chi connectivity index (χ2n) is 5.84. The van der Waals surface area contributed by atoms with E-state index in [4.69, 9.17) is 18.1 Å². The number of rotatable bonds is 12. The summed E-state index contributed by atoms with van der Waals surface area (Å²) in [6, 6.07) is 2.19. The molecule has 0 unspecified atom stereocenters. The molecule has 0 saturated carbocycles. The van der Waals surface area contributed by atoms with Gasteiger partial charge in [-0.3, -0.25) is 9.13 Å². The molecule has 0 saturated heterocycles. The van der Waals surface area contributed by atoms with Crippen molar-refractivity contribution in [2.24, 2.45) is 0 Å². The van der Waals surface area contributed by atoms with Crippen molar-refractivity contribution in [2.45, 2.75) is 45.9 Å². The van der Waals surface area contributed by atoms with Crippen molar-refractivity contribution >= 4 is 15.2 Å². The SMILES string of the molecule is CCOP(=O)(OCC)C(F)(F)c1cc(C)cc(C(F)(F)P(=O)(OCC)OCC)c1. The lowest BCUT2D eigenvalue weighted by Gasteiger charge is -2.29. The fourth-order valence-corrected chi connectivity index (χ4v) is 5.57. The van der Waals surface area contributed by atoms with E-state index in [1.807, 2.05) is 0 Å². The van der Waals surface area contributed by atoms with Crippen LogP contribution >= 0.6 is 15.2 Å². The van der Waals surface area contributed by atoms with Crippen LogP contribution in [0.4, 0.5) is 17.6 Å². The maximum absolute atomic E-state index is 15.0. The minimum Gasteiger partial charge on any atom is -0.304 e. The van der Waals surface area contributed by atoms with Crippen LogP contribution in [0.5, 0.6) is 0 Å². The Kier molecular flexibility index (Phi) is 9.09. The molecular formula is C17H26F4O6P2. The van der Waals surface area contributed by atoms with Gasteiger partial charge in [-0.05, 0) is 52.8 Å². The first-order valence-corrected chi connectivity index (χ1v) is 12.1. The molecule has 6 nitrogen and oxygen atoms in total. The van der Waals surface area contributed by atoms with Gasteiger partial charge in [0.1, 0.15) is 0 Å².